The highest BCUT2D eigenvalue weighted by Gasteiger charge is 2.28. The van der Waals surface area contributed by atoms with Crippen molar-refractivity contribution in [1.82, 2.24) is 0 Å². The van der Waals surface area contributed by atoms with Crippen LogP contribution in [0.1, 0.15) is 155 Å². The summed E-state index contributed by atoms with van der Waals surface area (Å²) in [6.45, 7) is 3.61. The second-order valence-electron chi connectivity index (χ2n) is 11.7. The smallest absolute Gasteiger partial charge is 0.309 e. The second kappa shape index (κ2) is 27.3. The molecule has 0 rings (SSSR count). The molecular formula is C33H61NO6. The summed E-state index contributed by atoms with van der Waals surface area (Å²) in [5.74, 6) is -3.08. The summed E-state index contributed by atoms with van der Waals surface area (Å²) in [7, 11) is 0. The number of allylic oxidation sites excluding steroid dienone is 2. The lowest BCUT2D eigenvalue weighted by Gasteiger charge is -2.38. The average Bonchev–Trinajstić information content (AvgIpc) is 2.92. The van der Waals surface area contributed by atoms with Gasteiger partial charge in [0, 0.05) is 12.4 Å². The minimum absolute atomic E-state index is 0.0950. The van der Waals surface area contributed by atoms with Crippen LogP contribution in [0, 0.1) is 0 Å². The van der Waals surface area contributed by atoms with Gasteiger partial charge >= 0.3 is 11.9 Å². The Kier molecular flexibility index (Phi) is 26.0. The molecule has 7 nitrogen and oxygen atoms in total. The van der Waals surface area contributed by atoms with Crippen LogP contribution in [0.15, 0.2) is 12.2 Å². The number of aliphatic carboxylic acids is 3. The molecule has 0 aliphatic carbocycles. The Morgan fingerprint density at radius 1 is 0.525 bits per heavy atom. The van der Waals surface area contributed by atoms with Crippen molar-refractivity contribution in [3.8, 4) is 0 Å². The van der Waals surface area contributed by atoms with Crippen LogP contribution < -0.4 is 5.11 Å². The number of quaternary nitrogens is 1. The average molecular weight is 568 g/mol. The van der Waals surface area contributed by atoms with E-state index in [9.17, 15) is 19.5 Å². The van der Waals surface area contributed by atoms with Crippen LogP contribution in [0.4, 0.5) is 0 Å². The molecule has 2 N–H and O–H groups in total. The summed E-state index contributed by atoms with van der Waals surface area (Å²) in [4.78, 5) is 33.3. The van der Waals surface area contributed by atoms with Crippen LogP contribution in [0.25, 0.3) is 0 Å². The van der Waals surface area contributed by atoms with Gasteiger partial charge in [0.2, 0.25) is 0 Å². The molecule has 0 fully saturated rings. The Labute approximate surface area is 245 Å². The summed E-state index contributed by atoms with van der Waals surface area (Å²) in [5, 5.41) is 29.3. The monoisotopic (exact) mass is 567 g/mol. The van der Waals surface area contributed by atoms with E-state index in [2.05, 4.69) is 19.1 Å². The molecule has 0 spiro atoms. The fourth-order valence-corrected chi connectivity index (χ4v) is 5.42. The highest BCUT2D eigenvalue weighted by Crippen LogP contribution is 2.17. The lowest BCUT2D eigenvalue weighted by Crippen LogP contribution is -2.53. The highest BCUT2D eigenvalue weighted by molar-refractivity contribution is 5.67. The van der Waals surface area contributed by atoms with E-state index in [-0.39, 0.29) is 43.4 Å². The Hall–Kier alpha value is -1.89. The zero-order valence-corrected chi connectivity index (χ0v) is 25.7. The second-order valence-corrected chi connectivity index (χ2v) is 11.7. The highest BCUT2D eigenvalue weighted by atomic mass is 16.4. The summed E-state index contributed by atoms with van der Waals surface area (Å²) < 4.78 is 0.223. The molecule has 0 bridgehead atoms. The van der Waals surface area contributed by atoms with Gasteiger partial charge in [-0.3, -0.25) is 9.59 Å². The lowest BCUT2D eigenvalue weighted by atomic mass is 10.0. The fourth-order valence-electron chi connectivity index (χ4n) is 5.42. The minimum Gasteiger partial charge on any atom is -0.550 e. The SMILES string of the molecule is CCCCCCCCCC/C=C/CCCCCCCCCCCC[N+](CCC(=O)[O-])(CCC(=O)O)CCC(=O)O. The van der Waals surface area contributed by atoms with E-state index in [4.69, 9.17) is 10.2 Å². The van der Waals surface area contributed by atoms with Crippen molar-refractivity contribution in [2.24, 2.45) is 0 Å². The van der Waals surface area contributed by atoms with Gasteiger partial charge in [0.15, 0.2) is 0 Å². The fraction of sp³-hybridized carbons (Fsp3) is 0.848. The molecule has 0 aliphatic heterocycles. The van der Waals surface area contributed by atoms with Crippen molar-refractivity contribution in [3.63, 3.8) is 0 Å². The molecule has 0 unspecified atom stereocenters. The molecule has 0 radical (unpaired) electrons. The number of hydrogen-bond acceptors (Lipinski definition) is 4. The molecule has 0 amide bonds. The number of unbranched alkanes of at least 4 members (excludes halogenated alkanes) is 18. The number of carbonyl (C=O) groups is 3. The van der Waals surface area contributed by atoms with Crippen molar-refractivity contribution in [2.45, 2.75) is 155 Å². The van der Waals surface area contributed by atoms with Crippen molar-refractivity contribution >= 4 is 17.9 Å². The maximum atomic E-state index is 11.1. The quantitative estimate of drug-likeness (QED) is 0.0517. The Morgan fingerprint density at radius 2 is 0.875 bits per heavy atom. The molecule has 40 heavy (non-hydrogen) atoms. The molecule has 0 aromatic carbocycles. The van der Waals surface area contributed by atoms with E-state index in [1.54, 1.807) is 0 Å². The summed E-state index contributed by atoms with van der Waals surface area (Å²) in [6.07, 6.45) is 29.6. The molecule has 0 saturated carbocycles. The summed E-state index contributed by atoms with van der Waals surface area (Å²) >= 11 is 0. The largest absolute Gasteiger partial charge is 0.550 e. The van der Waals surface area contributed by atoms with Crippen LogP contribution in [0.5, 0.6) is 0 Å². The normalized spacial score (nSPS) is 11.8. The molecule has 0 aromatic heterocycles. The van der Waals surface area contributed by atoms with Gasteiger partial charge in [-0.2, -0.15) is 0 Å². The first-order chi connectivity index (χ1) is 19.3. The first-order valence-electron chi connectivity index (χ1n) is 16.4. The predicted molar refractivity (Wildman–Crippen MR) is 161 cm³/mol. The molecule has 7 heteroatoms. The van der Waals surface area contributed by atoms with Gasteiger partial charge in [-0.05, 0) is 38.5 Å². The van der Waals surface area contributed by atoms with Gasteiger partial charge in [0.25, 0.3) is 0 Å². The van der Waals surface area contributed by atoms with Crippen molar-refractivity contribution in [1.29, 1.82) is 0 Å². The van der Waals surface area contributed by atoms with E-state index in [0.717, 1.165) is 19.3 Å². The van der Waals surface area contributed by atoms with E-state index in [1.165, 1.54) is 109 Å². The molecule has 0 aliphatic rings. The standard InChI is InChI=1S/C33H61NO6/c1-2-3-4-5-6-7-8-9-10-11-12-13-14-15-16-17-18-19-20-21-22-23-27-34(28-24-31(35)36,29-25-32(37)38)30-26-33(39)40/h11-12H,2-10,13-30H2,1H3,(H2-,35,36,37,38,39,40)/b12-11+. The van der Waals surface area contributed by atoms with Crippen molar-refractivity contribution in [2.75, 3.05) is 26.2 Å². The van der Waals surface area contributed by atoms with Crippen LogP contribution in [0.2, 0.25) is 0 Å². The van der Waals surface area contributed by atoms with Crippen LogP contribution in [-0.4, -0.2) is 58.8 Å². The maximum absolute atomic E-state index is 11.1. The van der Waals surface area contributed by atoms with Crippen LogP contribution in [-0.2, 0) is 14.4 Å². The number of carboxylic acids is 3. The Morgan fingerprint density at radius 3 is 1.25 bits per heavy atom. The molecule has 0 heterocycles. The number of hydrogen-bond donors (Lipinski definition) is 2. The first kappa shape index (κ1) is 38.1. The number of carbonyl (C=O) groups excluding carboxylic acids is 1. The predicted octanol–water partition coefficient (Wildman–Crippen LogP) is 7.27. The third kappa shape index (κ3) is 26.3. The molecule has 234 valence electrons. The Balaban J connectivity index is 3.84. The zero-order chi connectivity index (χ0) is 29.7. The van der Waals surface area contributed by atoms with Gasteiger partial charge in [-0.1, -0.05) is 109 Å². The summed E-state index contributed by atoms with van der Waals surface area (Å²) in [5.41, 5.74) is 0. The van der Waals surface area contributed by atoms with E-state index in [0.29, 0.717) is 6.54 Å². The first-order valence-corrected chi connectivity index (χ1v) is 16.4. The van der Waals surface area contributed by atoms with E-state index in [1.807, 2.05) is 0 Å². The third-order valence-corrected chi connectivity index (χ3v) is 8.03. The molecule has 0 aromatic rings. The van der Waals surface area contributed by atoms with Gasteiger partial charge in [0.05, 0.1) is 39.0 Å². The van der Waals surface area contributed by atoms with Crippen LogP contribution in [0.3, 0.4) is 0 Å². The van der Waals surface area contributed by atoms with Gasteiger partial charge in [-0.25, -0.2) is 0 Å². The van der Waals surface area contributed by atoms with Crippen molar-refractivity contribution in [3.05, 3.63) is 12.2 Å². The van der Waals surface area contributed by atoms with E-state index < -0.39 is 17.9 Å². The molecule has 0 atom stereocenters. The van der Waals surface area contributed by atoms with Gasteiger partial charge in [0.1, 0.15) is 0 Å². The summed E-state index contributed by atoms with van der Waals surface area (Å²) in [6, 6.07) is 0. The molecule has 0 saturated heterocycles. The van der Waals surface area contributed by atoms with Crippen molar-refractivity contribution < 1.29 is 34.2 Å². The number of carboxylic acid groups (broad SMARTS) is 3. The van der Waals surface area contributed by atoms with Gasteiger partial charge in [-0.15, -0.1) is 0 Å². The molecular weight excluding hydrogens is 506 g/mol. The number of nitrogens with zero attached hydrogens (tertiary/aromatic N) is 1. The minimum atomic E-state index is -1.18. The van der Waals surface area contributed by atoms with E-state index >= 15 is 0 Å². The maximum Gasteiger partial charge on any atom is 0.309 e. The van der Waals surface area contributed by atoms with Gasteiger partial charge < -0.3 is 24.6 Å². The topological polar surface area (TPSA) is 115 Å². The zero-order valence-electron chi connectivity index (χ0n) is 25.7. The lowest BCUT2D eigenvalue weighted by molar-refractivity contribution is -0.927. The Bertz CT molecular complexity index is 618. The number of rotatable bonds is 31. The van der Waals surface area contributed by atoms with Crippen LogP contribution >= 0.6 is 0 Å². The third-order valence-electron chi connectivity index (χ3n) is 8.03.